The standard InChI is InChI=1S/C14H13BrClNO3/c1-8(12-5-6-13(20-12)14(18)19-2)17-9-3-4-11(16)10(15)7-9/h3-8,17H,1-2H3. The molecule has 0 aliphatic heterocycles. The second-order valence-electron chi connectivity index (χ2n) is 4.19. The lowest BCUT2D eigenvalue weighted by Crippen LogP contribution is -2.05. The summed E-state index contributed by atoms with van der Waals surface area (Å²) in [5.41, 5.74) is 0.893. The molecule has 20 heavy (non-hydrogen) atoms. The molecular formula is C14H13BrClNO3. The molecule has 0 saturated carbocycles. The molecule has 0 radical (unpaired) electrons. The topological polar surface area (TPSA) is 51.5 Å². The van der Waals surface area contributed by atoms with Gasteiger partial charge in [0.15, 0.2) is 0 Å². The van der Waals surface area contributed by atoms with Crippen molar-refractivity contribution in [1.29, 1.82) is 0 Å². The molecule has 0 saturated heterocycles. The Morgan fingerprint density at radius 2 is 2.15 bits per heavy atom. The van der Waals surface area contributed by atoms with Crippen molar-refractivity contribution in [2.75, 3.05) is 12.4 Å². The molecule has 4 nitrogen and oxygen atoms in total. The maximum absolute atomic E-state index is 11.3. The first-order valence-electron chi connectivity index (χ1n) is 5.91. The van der Waals surface area contributed by atoms with Gasteiger partial charge in [-0.15, -0.1) is 0 Å². The average molecular weight is 359 g/mol. The van der Waals surface area contributed by atoms with E-state index in [1.165, 1.54) is 7.11 Å². The van der Waals surface area contributed by atoms with Gasteiger partial charge in [0, 0.05) is 10.2 Å². The van der Waals surface area contributed by atoms with E-state index in [1.807, 2.05) is 19.1 Å². The quantitative estimate of drug-likeness (QED) is 0.808. The number of ether oxygens (including phenoxy) is 1. The van der Waals surface area contributed by atoms with Gasteiger partial charge in [0.25, 0.3) is 0 Å². The summed E-state index contributed by atoms with van der Waals surface area (Å²) < 4.78 is 10.9. The molecule has 1 heterocycles. The summed E-state index contributed by atoms with van der Waals surface area (Å²) in [6.07, 6.45) is 0. The molecular weight excluding hydrogens is 346 g/mol. The van der Waals surface area contributed by atoms with E-state index in [-0.39, 0.29) is 11.8 Å². The fourth-order valence-electron chi connectivity index (χ4n) is 1.70. The van der Waals surface area contributed by atoms with E-state index >= 15 is 0 Å². The van der Waals surface area contributed by atoms with Crippen LogP contribution in [0.4, 0.5) is 5.69 Å². The number of hydrogen-bond donors (Lipinski definition) is 1. The highest BCUT2D eigenvalue weighted by Gasteiger charge is 2.15. The third-order valence-electron chi connectivity index (χ3n) is 2.74. The lowest BCUT2D eigenvalue weighted by molar-refractivity contribution is 0.0562. The predicted octanol–water partition coefficient (Wildman–Crippen LogP) is 4.66. The minimum absolute atomic E-state index is 0.0959. The molecule has 1 aromatic carbocycles. The van der Waals surface area contributed by atoms with E-state index in [9.17, 15) is 4.79 Å². The van der Waals surface area contributed by atoms with E-state index in [1.54, 1.807) is 18.2 Å². The molecule has 1 atom stereocenters. The molecule has 106 valence electrons. The van der Waals surface area contributed by atoms with Crippen LogP contribution >= 0.6 is 27.5 Å². The third kappa shape index (κ3) is 3.35. The monoisotopic (exact) mass is 357 g/mol. The largest absolute Gasteiger partial charge is 0.463 e. The minimum Gasteiger partial charge on any atom is -0.463 e. The van der Waals surface area contributed by atoms with E-state index in [4.69, 9.17) is 16.0 Å². The second-order valence-corrected chi connectivity index (χ2v) is 5.45. The van der Waals surface area contributed by atoms with Gasteiger partial charge in [0.1, 0.15) is 5.76 Å². The summed E-state index contributed by atoms with van der Waals surface area (Å²) in [5.74, 6) is 0.350. The lowest BCUT2D eigenvalue weighted by Gasteiger charge is -2.13. The Hall–Kier alpha value is -1.46. The SMILES string of the molecule is COC(=O)c1ccc(C(C)Nc2ccc(Cl)c(Br)c2)o1. The van der Waals surface area contributed by atoms with Gasteiger partial charge in [-0.1, -0.05) is 11.6 Å². The summed E-state index contributed by atoms with van der Waals surface area (Å²) in [6.45, 7) is 1.93. The zero-order valence-corrected chi connectivity index (χ0v) is 13.3. The fraction of sp³-hybridized carbons (Fsp3) is 0.214. The fourth-order valence-corrected chi connectivity index (χ4v) is 2.20. The van der Waals surface area contributed by atoms with Gasteiger partial charge in [-0.2, -0.15) is 0 Å². The van der Waals surface area contributed by atoms with Crippen LogP contribution in [0.3, 0.4) is 0 Å². The number of hydrogen-bond acceptors (Lipinski definition) is 4. The average Bonchev–Trinajstić information content (AvgIpc) is 2.92. The summed E-state index contributed by atoms with van der Waals surface area (Å²) in [7, 11) is 1.32. The number of methoxy groups -OCH3 is 1. The van der Waals surface area contributed by atoms with Crippen LogP contribution in [0.15, 0.2) is 39.2 Å². The highest BCUT2D eigenvalue weighted by Crippen LogP contribution is 2.28. The van der Waals surface area contributed by atoms with Crippen molar-refractivity contribution in [1.82, 2.24) is 0 Å². The smallest absolute Gasteiger partial charge is 0.373 e. The van der Waals surface area contributed by atoms with Crippen molar-refractivity contribution in [3.05, 3.63) is 51.3 Å². The predicted molar refractivity (Wildman–Crippen MR) is 81.2 cm³/mol. The van der Waals surface area contributed by atoms with Crippen molar-refractivity contribution in [2.24, 2.45) is 0 Å². The Balaban J connectivity index is 2.11. The minimum atomic E-state index is -0.488. The molecule has 0 fully saturated rings. The lowest BCUT2D eigenvalue weighted by atomic mass is 10.2. The number of rotatable bonds is 4. The first kappa shape index (κ1) is 14.9. The number of halogens is 2. The zero-order chi connectivity index (χ0) is 14.7. The molecule has 2 rings (SSSR count). The van der Waals surface area contributed by atoms with Crippen molar-refractivity contribution in [2.45, 2.75) is 13.0 Å². The molecule has 0 aliphatic carbocycles. The van der Waals surface area contributed by atoms with E-state index in [0.717, 1.165) is 10.2 Å². The Morgan fingerprint density at radius 1 is 1.40 bits per heavy atom. The highest BCUT2D eigenvalue weighted by atomic mass is 79.9. The summed E-state index contributed by atoms with van der Waals surface area (Å²) in [4.78, 5) is 11.3. The van der Waals surface area contributed by atoms with Crippen LogP contribution in [0, 0.1) is 0 Å². The van der Waals surface area contributed by atoms with E-state index in [2.05, 4.69) is 26.0 Å². The van der Waals surface area contributed by atoms with Crippen LogP contribution in [0.5, 0.6) is 0 Å². The number of esters is 1. The Labute approximate surface area is 130 Å². The van der Waals surface area contributed by atoms with Crippen LogP contribution in [0.1, 0.15) is 29.3 Å². The maximum atomic E-state index is 11.3. The van der Waals surface area contributed by atoms with Crippen LogP contribution in [0.2, 0.25) is 5.02 Å². The number of furan rings is 1. The number of carbonyl (C=O) groups excluding carboxylic acids is 1. The molecule has 0 spiro atoms. The molecule has 0 aliphatic rings. The van der Waals surface area contributed by atoms with Crippen LogP contribution < -0.4 is 5.32 Å². The van der Waals surface area contributed by atoms with Gasteiger partial charge < -0.3 is 14.5 Å². The van der Waals surface area contributed by atoms with Crippen LogP contribution in [0.25, 0.3) is 0 Å². The van der Waals surface area contributed by atoms with E-state index < -0.39 is 5.97 Å². The van der Waals surface area contributed by atoms with Gasteiger partial charge in [-0.05, 0) is 53.2 Å². The first-order valence-corrected chi connectivity index (χ1v) is 7.08. The van der Waals surface area contributed by atoms with Gasteiger partial charge >= 0.3 is 5.97 Å². The number of carbonyl (C=O) groups is 1. The number of anilines is 1. The summed E-state index contributed by atoms with van der Waals surface area (Å²) >= 11 is 9.31. The molecule has 2 aromatic rings. The second kappa shape index (κ2) is 6.33. The molecule has 6 heteroatoms. The Kier molecular flexibility index (Phi) is 4.73. The van der Waals surface area contributed by atoms with Crippen molar-refractivity contribution in [3.8, 4) is 0 Å². The molecule has 1 N–H and O–H groups in total. The zero-order valence-electron chi connectivity index (χ0n) is 10.9. The van der Waals surface area contributed by atoms with Crippen LogP contribution in [-0.4, -0.2) is 13.1 Å². The Bertz CT molecular complexity index is 627. The van der Waals surface area contributed by atoms with Crippen molar-refractivity contribution in [3.63, 3.8) is 0 Å². The highest BCUT2D eigenvalue weighted by molar-refractivity contribution is 9.10. The normalized spacial score (nSPS) is 12.0. The van der Waals surface area contributed by atoms with Crippen LogP contribution in [-0.2, 0) is 4.74 Å². The Morgan fingerprint density at radius 3 is 2.80 bits per heavy atom. The summed E-state index contributed by atoms with van der Waals surface area (Å²) in [5, 5.41) is 3.91. The van der Waals surface area contributed by atoms with Crippen molar-refractivity contribution >= 4 is 39.2 Å². The third-order valence-corrected chi connectivity index (χ3v) is 3.96. The van der Waals surface area contributed by atoms with Crippen molar-refractivity contribution < 1.29 is 13.9 Å². The molecule has 1 aromatic heterocycles. The van der Waals surface area contributed by atoms with E-state index in [0.29, 0.717) is 10.8 Å². The van der Waals surface area contributed by atoms with Gasteiger partial charge in [-0.3, -0.25) is 0 Å². The number of nitrogens with one attached hydrogen (secondary N) is 1. The first-order chi connectivity index (χ1) is 9.51. The number of benzene rings is 1. The molecule has 0 amide bonds. The molecule has 1 unspecified atom stereocenters. The van der Waals surface area contributed by atoms with Gasteiger partial charge in [-0.25, -0.2) is 4.79 Å². The maximum Gasteiger partial charge on any atom is 0.373 e. The van der Waals surface area contributed by atoms with Gasteiger partial charge in [0.05, 0.1) is 18.2 Å². The summed E-state index contributed by atoms with van der Waals surface area (Å²) in [6, 6.07) is 8.78. The molecule has 0 bridgehead atoms. The van der Waals surface area contributed by atoms with Gasteiger partial charge in [0.2, 0.25) is 5.76 Å².